The third kappa shape index (κ3) is 3.14. The number of likely N-dealkylation sites (tertiary alicyclic amines) is 1. The first-order valence-corrected chi connectivity index (χ1v) is 8.99. The number of carbonyl (C=O) groups excluding carboxylic acids is 1. The molecule has 3 fully saturated rings. The lowest BCUT2D eigenvalue weighted by Gasteiger charge is -2.52. The Kier molecular flexibility index (Phi) is 3.67. The zero-order valence-electron chi connectivity index (χ0n) is 14.1. The molecule has 2 saturated carbocycles. The zero-order valence-corrected chi connectivity index (χ0v) is 14.1. The molecule has 2 heterocycles. The number of nitrogens with zero attached hydrogens (tertiary/aromatic N) is 2. The van der Waals surface area contributed by atoms with E-state index in [-0.39, 0.29) is 5.41 Å². The third-order valence-electron chi connectivity index (χ3n) is 6.29. The summed E-state index contributed by atoms with van der Waals surface area (Å²) in [5.41, 5.74) is 1.78. The number of carbonyl (C=O) groups is 1. The van der Waals surface area contributed by atoms with E-state index in [2.05, 4.69) is 28.2 Å². The van der Waals surface area contributed by atoms with Crippen LogP contribution in [0.1, 0.15) is 51.0 Å². The van der Waals surface area contributed by atoms with Crippen molar-refractivity contribution in [1.82, 2.24) is 15.2 Å². The first-order chi connectivity index (χ1) is 11.1. The molecule has 2 aliphatic carbocycles. The summed E-state index contributed by atoms with van der Waals surface area (Å²) in [6.07, 6.45) is 10.9. The van der Waals surface area contributed by atoms with Crippen LogP contribution in [0.2, 0.25) is 0 Å². The van der Waals surface area contributed by atoms with Crippen molar-refractivity contribution in [3.63, 3.8) is 0 Å². The number of hydrogen-bond donors (Lipinski definition) is 1. The molecule has 0 aromatic carbocycles. The SMILES string of the molecule is CC1(C(=O)NC2CC3(CCN(Cc4cccnc4)CC3)C2)CC1. The van der Waals surface area contributed by atoms with Gasteiger partial charge < -0.3 is 5.32 Å². The molecule has 124 valence electrons. The van der Waals surface area contributed by atoms with E-state index in [0.717, 1.165) is 19.4 Å². The molecule has 4 heteroatoms. The number of rotatable bonds is 4. The van der Waals surface area contributed by atoms with Crippen LogP contribution in [0.4, 0.5) is 0 Å². The maximum absolute atomic E-state index is 12.1. The largest absolute Gasteiger partial charge is 0.353 e. The quantitative estimate of drug-likeness (QED) is 0.929. The van der Waals surface area contributed by atoms with Gasteiger partial charge in [0.2, 0.25) is 5.91 Å². The summed E-state index contributed by atoms with van der Waals surface area (Å²) < 4.78 is 0. The maximum atomic E-state index is 12.1. The van der Waals surface area contributed by atoms with E-state index in [1.807, 2.05) is 18.5 Å². The van der Waals surface area contributed by atoms with E-state index in [1.165, 1.54) is 44.3 Å². The van der Waals surface area contributed by atoms with Gasteiger partial charge in [0.1, 0.15) is 0 Å². The minimum atomic E-state index is -0.0319. The molecule has 1 aromatic heterocycles. The highest BCUT2D eigenvalue weighted by atomic mass is 16.2. The fraction of sp³-hybridized carbons (Fsp3) is 0.684. The Bertz CT molecular complexity index is 566. The molecule has 0 radical (unpaired) electrons. The van der Waals surface area contributed by atoms with Gasteiger partial charge in [0.15, 0.2) is 0 Å². The zero-order chi connectivity index (χ0) is 15.9. The minimum absolute atomic E-state index is 0.0319. The lowest BCUT2D eigenvalue weighted by Crippen LogP contribution is -2.55. The molecule has 23 heavy (non-hydrogen) atoms. The molecule has 4 rings (SSSR count). The van der Waals surface area contributed by atoms with Crippen molar-refractivity contribution in [2.45, 2.75) is 58.0 Å². The molecule has 1 aromatic rings. The van der Waals surface area contributed by atoms with Crippen molar-refractivity contribution >= 4 is 5.91 Å². The lowest BCUT2D eigenvalue weighted by molar-refractivity contribution is -0.128. The molecule has 3 aliphatic rings. The van der Waals surface area contributed by atoms with Crippen molar-refractivity contribution in [2.24, 2.45) is 10.8 Å². The third-order valence-corrected chi connectivity index (χ3v) is 6.29. The van der Waals surface area contributed by atoms with Crippen LogP contribution in [0.3, 0.4) is 0 Å². The van der Waals surface area contributed by atoms with E-state index < -0.39 is 0 Å². The van der Waals surface area contributed by atoms with E-state index >= 15 is 0 Å². The minimum Gasteiger partial charge on any atom is -0.353 e. The summed E-state index contributed by atoms with van der Waals surface area (Å²) in [5.74, 6) is 0.298. The van der Waals surface area contributed by atoms with Crippen LogP contribution in [0.25, 0.3) is 0 Å². The van der Waals surface area contributed by atoms with E-state index in [4.69, 9.17) is 0 Å². The Labute approximate surface area is 138 Å². The van der Waals surface area contributed by atoms with Gasteiger partial charge in [0.05, 0.1) is 0 Å². The van der Waals surface area contributed by atoms with Crippen LogP contribution in [0.15, 0.2) is 24.5 Å². The number of amides is 1. The monoisotopic (exact) mass is 313 g/mol. The second-order valence-corrected chi connectivity index (χ2v) is 8.28. The van der Waals surface area contributed by atoms with E-state index in [0.29, 0.717) is 17.4 Å². The fourth-order valence-electron chi connectivity index (χ4n) is 4.21. The van der Waals surface area contributed by atoms with Crippen LogP contribution < -0.4 is 5.32 Å². The standard InChI is InChI=1S/C19H27N3O/c1-18(4-5-18)17(23)21-16-11-19(12-16)6-9-22(10-7-19)14-15-3-2-8-20-13-15/h2-3,8,13,16H,4-7,9-12,14H2,1H3,(H,21,23). The number of piperidine rings is 1. The van der Waals surface area contributed by atoms with Gasteiger partial charge in [-0.25, -0.2) is 0 Å². The van der Waals surface area contributed by atoms with Crippen molar-refractivity contribution in [2.75, 3.05) is 13.1 Å². The Morgan fingerprint density at radius 1 is 1.30 bits per heavy atom. The Morgan fingerprint density at radius 3 is 2.65 bits per heavy atom. The first-order valence-electron chi connectivity index (χ1n) is 8.99. The van der Waals surface area contributed by atoms with Gasteiger partial charge in [-0.3, -0.25) is 14.7 Å². The van der Waals surface area contributed by atoms with Crippen molar-refractivity contribution in [1.29, 1.82) is 0 Å². The van der Waals surface area contributed by atoms with Gasteiger partial charge in [0, 0.05) is 30.4 Å². The average molecular weight is 313 g/mol. The second kappa shape index (κ2) is 5.59. The molecule has 0 atom stereocenters. The highest BCUT2D eigenvalue weighted by Gasteiger charge is 2.50. The van der Waals surface area contributed by atoms with Crippen LogP contribution in [-0.2, 0) is 11.3 Å². The van der Waals surface area contributed by atoms with Crippen molar-refractivity contribution < 1.29 is 4.79 Å². The Balaban J connectivity index is 1.22. The predicted molar refractivity (Wildman–Crippen MR) is 89.7 cm³/mol. The second-order valence-electron chi connectivity index (χ2n) is 8.28. The molecule has 1 saturated heterocycles. The summed E-state index contributed by atoms with van der Waals surface area (Å²) in [6.45, 7) is 5.46. The summed E-state index contributed by atoms with van der Waals surface area (Å²) in [4.78, 5) is 18.9. The molecule has 0 bridgehead atoms. The van der Waals surface area contributed by atoms with Gasteiger partial charge in [-0.2, -0.15) is 0 Å². The van der Waals surface area contributed by atoms with Crippen molar-refractivity contribution in [3.8, 4) is 0 Å². The number of hydrogen-bond acceptors (Lipinski definition) is 3. The number of nitrogens with one attached hydrogen (secondary N) is 1. The fourth-order valence-corrected chi connectivity index (χ4v) is 4.21. The average Bonchev–Trinajstić information content (AvgIpc) is 3.28. The summed E-state index contributed by atoms with van der Waals surface area (Å²) in [6, 6.07) is 4.61. The topological polar surface area (TPSA) is 45.2 Å². The molecule has 1 N–H and O–H groups in total. The van der Waals surface area contributed by atoms with Gasteiger partial charge in [-0.15, -0.1) is 0 Å². The van der Waals surface area contributed by atoms with E-state index in [1.54, 1.807) is 0 Å². The summed E-state index contributed by atoms with van der Waals surface area (Å²) in [5, 5.41) is 3.28. The van der Waals surface area contributed by atoms with Gasteiger partial charge in [-0.05, 0) is 68.7 Å². The highest BCUT2D eigenvalue weighted by molar-refractivity contribution is 5.85. The van der Waals surface area contributed by atoms with Crippen molar-refractivity contribution in [3.05, 3.63) is 30.1 Å². The molecular weight excluding hydrogens is 286 g/mol. The highest BCUT2D eigenvalue weighted by Crippen LogP contribution is 2.50. The Hall–Kier alpha value is -1.42. The van der Waals surface area contributed by atoms with E-state index in [9.17, 15) is 4.79 Å². The molecule has 1 aliphatic heterocycles. The van der Waals surface area contributed by atoms with Crippen LogP contribution in [-0.4, -0.2) is 34.9 Å². The van der Waals surface area contributed by atoms with Gasteiger partial charge in [0.25, 0.3) is 0 Å². The molecule has 1 amide bonds. The first kappa shape index (κ1) is 15.1. The normalized spacial score (nSPS) is 25.8. The lowest BCUT2D eigenvalue weighted by atomic mass is 9.60. The van der Waals surface area contributed by atoms with Gasteiger partial charge in [-0.1, -0.05) is 13.0 Å². The van der Waals surface area contributed by atoms with Crippen LogP contribution >= 0.6 is 0 Å². The molecule has 1 spiro atoms. The number of aromatic nitrogens is 1. The summed E-state index contributed by atoms with van der Waals surface area (Å²) in [7, 11) is 0. The van der Waals surface area contributed by atoms with Crippen LogP contribution in [0.5, 0.6) is 0 Å². The summed E-state index contributed by atoms with van der Waals surface area (Å²) >= 11 is 0. The number of pyridine rings is 1. The van der Waals surface area contributed by atoms with Crippen LogP contribution in [0, 0.1) is 10.8 Å². The maximum Gasteiger partial charge on any atom is 0.226 e. The smallest absolute Gasteiger partial charge is 0.226 e. The molecular formula is C19H27N3O. The Morgan fingerprint density at radius 2 is 2.04 bits per heavy atom. The van der Waals surface area contributed by atoms with Gasteiger partial charge >= 0.3 is 0 Å². The molecule has 0 unspecified atom stereocenters. The predicted octanol–water partition coefficient (Wildman–Crippen LogP) is 2.74. The molecule has 4 nitrogen and oxygen atoms in total.